The van der Waals surface area contributed by atoms with Gasteiger partial charge in [-0.3, -0.25) is 0 Å². The molecule has 1 saturated heterocycles. The highest BCUT2D eigenvalue weighted by molar-refractivity contribution is 9.10. The van der Waals surface area contributed by atoms with Crippen molar-refractivity contribution < 1.29 is 19.0 Å². The summed E-state index contributed by atoms with van der Waals surface area (Å²) >= 11 is 4.84. The first-order valence-electron chi connectivity index (χ1n) is 8.87. The van der Waals surface area contributed by atoms with Crippen LogP contribution >= 0.6 is 27.7 Å². The number of thioether (sulfide) groups is 1. The molecule has 0 amide bonds. The highest BCUT2D eigenvalue weighted by atomic mass is 79.9. The lowest BCUT2D eigenvalue weighted by Gasteiger charge is -2.29. The van der Waals surface area contributed by atoms with Gasteiger partial charge in [-0.1, -0.05) is 18.7 Å². The Morgan fingerprint density at radius 2 is 2.07 bits per heavy atom. The van der Waals surface area contributed by atoms with E-state index in [9.17, 15) is 5.11 Å². The molecule has 0 unspecified atom stereocenters. The van der Waals surface area contributed by atoms with Crippen LogP contribution in [0.25, 0.3) is 10.9 Å². The molecule has 2 aliphatic heterocycles. The Hall–Kier alpha value is -1.00. The van der Waals surface area contributed by atoms with Gasteiger partial charge >= 0.3 is 0 Å². The van der Waals surface area contributed by atoms with Gasteiger partial charge in [0.25, 0.3) is 0 Å². The van der Waals surface area contributed by atoms with Crippen LogP contribution in [0.1, 0.15) is 25.0 Å². The van der Waals surface area contributed by atoms with Crippen molar-refractivity contribution in [3.05, 3.63) is 21.4 Å². The van der Waals surface area contributed by atoms with Crippen molar-refractivity contribution in [1.82, 2.24) is 9.97 Å². The minimum atomic E-state index is -1.01. The molecule has 4 rings (SSSR count). The van der Waals surface area contributed by atoms with E-state index >= 15 is 4.39 Å². The first kappa shape index (κ1) is 19.3. The summed E-state index contributed by atoms with van der Waals surface area (Å²) in [5.74, 6) is 1.02. The number of nitrogens with zero attached hydrogens (tertiary/aromatic N) is 3. The number of β-amino-alcohol motifs (C(OH)–C–C–N with tert-alkyl or cyclic N) is 1. The van der Waals surface area contributed by atoms with Gasteiger partial charge in [-0.05, 0) is 34.2 Å². The quantitative estimate of drug-likeness (QED) is 0.560. The Labute approximate surface area is 169 Å². The second-order valence-electron chi connectivity index (χ2n) is 7.04. The summed E-state index contributed by atoms with van der Waals surface area (Å²) in [5, 5.41) is 11.8. The number of benzene rings is 1. The molecule has 0 bridgehead atoms. The first-order valence-corrected chi connectivity index (χ1v) is 10.6. The number of rotatable bonds is 3. The van der Waals surface area contributed by atoms with Gasteiger partial charge < -0.3 is 19.5 Å². The smallest absolute Gasteiger partial charge is 0.190 e. The molecule has 9 heteroatoms. The van der Waals surface area contributed by atoms with E-state index in [1.54, 1.807) is 6.92 Å². The fourth-order valence-corrected chi connectivity index (χ4v) is 4.66. The zero-order valence-electron chi connectivity index (χ0n) is 15.2. The third kappa shape index (κ3) is 3.55. The minimum absolute atomic E-state index is 0.254. The zero-order valence-corrected chi connectivity index (χ0v) is 17.6. The van der Waals surface area contributed by atoms with Gasteiger partial charge in [-0.2, -0.15) is 0 Å². The number of hydrogen-bond acceptors (Lipinski definition) is 7. The molecule has 1 N–H and O–H groups in total. The van der Waals surface area contributed by atoms with Crippen molar-refractivity contribution in [1.29, 1.82) is 0 Å². The van der Waals surface area contributed by atoms with Crippen molar-refractivity contribution in [2.24, 2.45) is 0 Å². The number of ether oxygens (including phenoxy) is 2. The van der Waals surface area contributed by atoms with Gasteiger partial charge in [-0.25, -0.2) is 14.4 Å². The molecule has 0 aliphatic carbocycles. The Kier molecular flexibility index (Phi) is 5.32. The number of aliphatic hydroxyl groups is 1. The van der Waals surface area contributed by atoms with E-state index in [4.69, 9.17) is 14.5 Å². The minimum Gasteiger partial charge on any atom is -0.386 e. The van der Waals surface area contributed by atoms with Crippen LogP contribution in [0.4, 0.5) is 10.2 Å². The van der Waals surface area contributed by atoms with E-state index in [0.29, 0.717) is 53.7 Å². The maximum absolute atomic E-state index is 15.2. The number of aromatic nitrogens is 2. The summed E-state index contributed by atoms with van der Waals surface area (Å²) < 4.78 is 26.7. The molecule has 0 radical (unpaired) electrons. The molecule has 1 atom stereocenters. The molecule has 0 saturated carbocycles. The lowest BCUT2D eigenvalue weighted by molar-refractivity contribution is -0.0123. The van der Waals surface area contributed by atoms with E-state index in [2.05, 4.69) is 20.9 Å². The summed E-state index contributed by atoms with van der Waals surface area (Å²) in [6, 6.07) is 0. The normalized spacial score (nSPS) is 22.9. The Bertz CT molecular complexity index is 896. The average Bonchev–Trinajstić information content (AvgIpc) is 3.04. The molecule has 2 aliphatic rings. The lowest BCUT2D eigenvalue weighted by Crippen LogP contribution is -2.42. The monoisotopic (exact) mass is 457 g/mol. The third-order valence-electron chi connectivity index (χ3n) is 4.72. The molecule has 1 fully saturated rings. The molecule has 27 heavy (non-hydrogen) atoms. The van der Waals surface area contributed by atoms with Crippen molar-refractivity contribution in [3.8, 4) is 0 Å². The molecular weight excluding hydrogens is 437 g/mol. The molecule has 2 aromatic rings. The van der Waals surface area contributed by atoms with Crippen LogP contribution in [-0.4, -0.2) is 52.7 Å². The number of hydrogen-bond donors (Lipinski definition) is 1. The number of halogens is 2. The largest absolute Gasteiger partial charge is 0.386 e. The predicted molar refractivity (Wildman–Crippen MR) is 106 cm³/mol. The second-order valence-corrected chi connectivity index (χ2v) is 9.06. The zero-order chi connectivity index (χ0) is 19.2. The summed E-state index contributed by atoms with van der Waals surface area (Å²) in [5.41, 5.74) is 0.987. The van der Waals surface area contributed by atoms with Crippen LogP contribution in [0.15, 0.2) is 9.63 Å². The van der Waals surface area contributed by atoms with Crippen LogP contribution in [0.2, 0.25) is 0 Å². The van der Waals surface area contributed by atoms with Crippen LogP contribution in [0.5, 0.6) is 0 Å². The van der Waals surface area contributed by atoms with Gasteiger partial charge in [0.05, 0.1) is 42.8 Å². The van der Waals surface area contributed by atoms with Gasteiger partial charge in [0, 0.05) is 12.1 Å². The van der Waals surface area contributed by atoms with E-state index < -0.39 is 11.4 Å². The summed E-state index contributed by atoms with van der Waals surface area (Å²) in [6.07, 6.45) is 0. The summed E-state index contributed by atoms with van der Waals surface area (Å²) in [6.45, 7) is 6.12. The molecule has 0 spiro atoms. The molecule has 3 heterocycles. The molecule has 1 aromatic carbocycles. The summed E-state index contributed by atoms with van der Waals surface area (Å²) in [7, 11) is 0. The van der Waals surface area contributed by atoms with E-state index in [1.165, 1.54) is 11.8 Å². The molecule has 1 aromatic heterocycles. The molecule has 6 nitrogen and oxygen atoms in total. The van der Waals surface area contributed by atoms with Gasteiger partial charge in [-0.15, -0.1) is 0 Å². The van der Waals surface area contributed by atoms with Gasteiger partial charge in [0.1, 0.15) is 16.9 Å². The van der Waals surface area contributed by atoms with Crippen LogP contribution in [0.3, 0.4) is 0 Å². The van der Waals surface area contributed by atoms with E-state index in [0.717, 1.165) is 16.9 Å². The molecule has 146 valence electrons. The molecular formula is C18H21BrFN3O3S. The number of fused-ring (bicyclic) bond motifs is 3. The van der Waals surface area contributed by atoms with Gasteiger partial charge in [0.2, 0.25) is 0 Å². The maximum Gasteiger partial charge on any atom is 0.190 e. The van der Waals surface area contributed by atoms with Crippen LogP contribution in [-0.2, 0) is 22.7 Å². The van der Waals surface area contributed by atoms with Gasteiger partial charge in [0.15, 0.2) is 11.0 Å². The predicted octanol–water partition coefficient (Wildman–Crippen LogP) is 3.26. The van der Waals surface area contributed by atoms with E-state index in [-0.39, 0.29) is 12.1 Å². The highest BCUT2D eigenvalue weighted by Gasteiger charge is 2.32. The maximum atomic E-state index is 15.2. The van der Waals surface area contributed by atoms with Crippen molar-refractivity contribution >= 4 is 44.4 Å². The third-order valence-corrected chi connectivity index (χ3v) is 6.27. The Balaban J connectivity index is 1.97. The number of anilines is 1. The Morgan fingerprint density at radius 3 is 2.85 bits per heavy atom. The topological polar surface area (TPSA) is 67.7 Å². The Morgan fingerprint density at radius 1 is 1.30 bits per heavy atom. The fourth-order valence-electron chi connectivity index (χ4n) is 3.56. The van der Waals surface area contributed by atoms with E-state index in [1.807, 2.05) is 11.8 Å². The summed E-state index contributed by atoms with van der Waals surface area (Å²) in [4.78, 5) is 11.2. The SMILES string of the molecule is CCSc1nc(N2CCOC[C@@](C)(O)C2)c2c3c(c(Br)c(F)c2n1)COC3. The fraction of sp³-hybridized carbons (Fsp3) is 0.556. The van der Waals surface area contributed by atoms with Crippen molar-refractivity contribution in [2.75, 3.05) is 37.0 Å². The van der Waals surface area contributed by atoms with Crippen molar-refractivity contribution in [2.45, 2.75) is 37.8 Å². The first-order chi connectivity index (χ1) is 12.9. The van der Waals surface area contributed by atoms with Crippen molar-refractivity contribution in [3.63, 3.8) is 0 Å². The lowest BCUT2D eigenvalue weighted by atomic mass is 10.0. The van der Waals surface area contributed by atoms with Crippen LogP contribution in [0, 0.1) is 5.82 Å². The average molecular weight is 458 g/mol. The second kappa shape index (κ2) is 7.44. The highest BCUT2D eigenvalue weighted by Crippen LogP contribution is 2.41. The van der Waals surface area contributed by atoms with Crippen LogP contribution < -0.4 is 4.90 Å². The standard InChI is InChI=1S/C18H21BrFN3O3S/c1-3-27-17-21-15-12(10-6-26-7-11(10)13(19)14(15)20)16(22-17)23-4-5-25-9-18(2,24)8-23/h24H,3-9H2,1-2H3/t18-/m0/s1.